The average Bonchev–Trinajstić information content (AvgIpc) is 3.36. The second kappa shape index (κ2) is 5.99. The van der Waals surface area contributed by atoms with E-state index in [1.54, 1.807) is 48.5 Å². The lowest BCUT2D eigenvalue weighted by atomic mass is 10.1. The summed E-state index contributed by atoms with van der Waals surface area (Å²) in [4.78, 5) is 23.2. The third-order valence-electron chi connectivity index (χ3n) is 3.35. The van der Waals surface area contributed by atoms with E-state index in [4.69, 9.17) is 9.47 Å². The third kappa shape index (κ3) is 2.99. The molecule has 0 saturated carbocycles. The molecule has 2 aromatic rings. The van der Waals surface area contributed by atoms with Crippen LogP contribution in [0.4, 0.5) is 0 Å². The Morgan fingerprint density at radius 2 is 1.68 bits per heavy atom. The van der Waals surface area contributed by atoms with Crippen LogP contribution >= 0.6 is 0 Å². The molecular formula is C17H14O5. The van der Waals surface area contributed by atoms with E-state index in [1.807, 2.05) is 6.07 Å². The van der Waals surface area contributed by atoms with E-state index in [0.29, 0.717) is 11.3 Å². The van der Waals surface area contributed by atoms with Gasteiger partial charge < -0.3 is 14.2 Å². The highest BCUT2D eigenvalue weighted by molar-refractivity contribution is 5.90. The lowest BCUT2D eigenvalue weighted by Crippen LogP contribution is -2.09. The van der Waals surface area contributed by atoms with Crippen LogP contribution in [0.15, 0.2) is 54.6 Å². The number of methoxy groups -OCH3 is 1. The number of ether oxygens (including phenoxy) is 3. The van der Waals surface area contributed by atoms with Crippen molar-refractivity contribution in [3.63, 3.8) is 0 Å². The second-order valence-electron chi connectivity index (χ2n) is 4.83. The van der Waals surface area contributed by atoms with Crippen molar-refractivity contribution >= 4 is 11.9 Å². The molecule has 0 aliphatic carbocycles. The van der Waals surface area contributed by atoms with Crippen LogP contribution < -0.4 is 4.74 Å². The molecule has 0 radical (unpaired) electrons. The Hall–Kier alpha value is -2.66. The molecule has 5 heteroatoms. The maximum Gasteiger partial charge on any atom is 0.343 e. The lowest BCUT2D eigenvalue weighted by Gasteiger charge is -2.05. The minimum Gasteiger partial charge on any atom is -0.467 e. The summed E-state index contributed by atoms with van der Waals surface area (Å²) in [5, 5.41) is 0. The van der Waals surface area contributed by atoms with Gasteiger partial charge in [-0.3, -0.25) is 0 Å². The van der Waals surface area contributed by atoms with E-state index in [9.17, 15) is 9.59 Å². The molecule has 2 aromatic carbocycles. The quantitative estimate of drug-likeness (QED) is 0.493. The van der Waals surface area contributed by atoms with Gasteiger partial charge in [-0.1, -0.05) is 30.3 Å². The minimum atomic E-state index is -0.539. The Morgan fingerprint density at radius 3 is 2.32 bits per heavy atom. The van der Waals surface area contributed by atoms with Gasteiger partial charge >= 0.3 is 11.9 Å². The number of esters is 2. The average molecular weight is 298 g/mol. The van der Waals surface area contributed by atoms with Crippen molar-refractivity contribution in [2.24, 2.45) is 0 Å². The van der Waals surface area contributed by atoms with Crippen LogP contribution in [0.1, 0.15) is 22.0 Å². The van der Waals surface area contributed by atoms with Crippen LogP contribution in [0.3, 0.4) is 0 Å². The molecular weight excluding hydrogens is 284 g/mol. The van der Waals surface area contributed by atoms with E-state index in [-0.39, 0.29) is 12.1 Å². The van der Waals surface area contributed by atoms with Crippen molar-refractivity contribution in [2.75, 3.05) is 7.11 Å². The maximum absolute atomic E-state index is 11.9. The normalized spacial score (nSPS) is 19.3. The molecule has 1 saturated heterocycles. The highest BCUT2D eigenvalue weighted by Gasteiger charge is 2.47. The number of rotatable bonds is 4. The van der Waals surface area contributed by atoms with Crippen molar-refractivity contribution in [1.29, 1.82) is 0 Å². The van der Waals surface area contributed by atoms with Crippen molar-refractivity contribution < 1.29 is 23.8 Å². The summed E-state index contributed by atoms with van der Waals surface area (Å²) in [6, 6.07) is 15.6. The smallest absolute Gasteiger partial charge is 0.343 e. The lowest BCUT2D eigenvalue weighted by molar-refractivity contribution is -0.142. The summed E-state index contributed by atoms with van der Waals surface area (Å²) in [5.41, 5.74) is 1.33. The summed E-state index contributed by atoms with van der Waals surface area (Å²) in [6.07, 6.45) is -0.825. The van der Waals surface area contributed by atoms with Crippen LogP contribution in [0.25, 0.3) is 0 Å². The molecule has 1 aliphatic rings. The maximum atomic E-state index is 11.9. The standard InChI is InChI=1S/C17H14O5/c1-20-17(19)15-14(22-15)11-7-9-13(10-8-11)21-16(18)12-5-3-2-4-6-12/h2-10,14-15H,1H3/t14-,15+/m0/s1. The summed E-state index contributed by atoms with van der Waals surface area (Å²) in [7, 11) is 1.33. The van der Waals surface area contributed by atoms with Gasteiger partial charge in [-0.25, -0.2) is 9.59 Å². The predicted molar refractivity (Wildman–Crippen MR) is 77.5 cm³/mol. The Morgan fingerprint density at radius 1 is 1.00 bits per heavy atom. The molecule has 0 spiro atoms. The molecule has 0 bridgehead atoms. The Balaban J connectivity index is 1.63. The molecule has 0 amide bonds. The highest BCUT2D eigenvalue weighted by atomic mass is 16.6. The summed E-state index contributed by atoms with van der Waals surface area (Å²) >= 11 is 0. The molecule has 5 nitrogen and oxygen atoms in total. The molecule has 0 unspecified atom stereocenters. The van der Waals surface area contributed by atoms with Crippen LogP contribution in [0.2, 0.25) is 0 Å². The van der Waals surface area contributed by atoms with Gasteiger partial charge in [-0.2, -0.15) is 0 Å². The molecule has 2 atom stereocenters. The molecule has 112 valence electrons. The Labute approximate surface area is 127 Å². The fraction of sp³-hybridized carbons (Fsp3) is 0.176. The Bertz CT molecular complexity index is 678. The number of carbonyl (C=O) groups is 2. The number of benzene rings is 2. The van der Waals surface area contributed by atoms with E-state index in [1.165, 1.54) is 7.11 Å². The van der Waals surface area contributed by atoms with Crippen LogP contribution in [0, 0.1) is 0 Å². The molecule has 0 N–H and O–H groups in total. The van der Waals surface area contributed by atoms with Crippen LogP contribution in [-0.2, 0) is 14.3 Å². The molecule has 1 aliphatic heterocycles. The fourth-order valence-electron chi connectivity index (χ4n) is 2.13. The van der Waals surface area contributed by atoms with Gasteiger partial charge in [0, 0.05) is 0 Å². The van der Waals surface area contributed by atoms with Crippen LogP contribution in [-0.4, -0.2) is 25.2 Å². The van der Waals surface area contributed by atoms with Crippen molar-refractivity contribution in [2.45, 2.75) is 12.2 Å². The van der Waals surface area contributed by atoms with Crippen molar-refractivity contribution in [3.8, 4) is 5.75 Å². The Kier molecular flexibility index (Phi) is 3.89. The number of hydrogen-bond acceptors (Lipinski definition) is 5. The van der Waals surface area contributed by atoms with E-state index >= 15 is 0 Å². The number of hydrogen-bond donors (Lipinski definition) is 0. The van der Waals surface area contributed by atoms with Crippen LogP contribution in [0.5, 0.6) is 5.75 Å². The van der Waals surface area contributed by atoms with Crippen molar-refractivity contribution in [1.82, 2.24) is 0 Å². The molecule has 22 heavy (non-hydrogen) atoms. The first kappa shape index (κ1) is 14.3. The van der Waals surface area contributed by atoms with Gasteiger partial charge in [0.25, 0.3) is 0 Å². The van der Waals surface area contributed by atoms with E-state index < -0.39 is 12.1 Å². The molecule has 3 rings (SSSR count). The first-order chi connectivity index (χ1) is 10.7. The molecule has 1 fully saturated rings. The largest absolute Gasteiger partial charge is 0.467 e. The topological polar surface area (TPSA) is 65.1 Å². The number of carbonyl (C=O) groups excluding carboxylic acids is 2. The van der Waals surface area contributed by atoms with Gasteiger partial charge in [0.1, 0.15) is 11.9 Å². The zero-order valence-corrected chi connectivity index (χ0v) is 11.9. The predicted octanol–water partition coefficient (Wildman–Crippen LogP) is 2.52. The van der Waals surface area contributed by atoms with E-state index in [0.717, 1.165) is 5.56 Å². The van der Waals surface area contributed by atoms with Gasteiger partial charge in [0.2, 0.25) is 0 Å². The molecule has 1 heterocycles. The first-order valence-corrected chi connectivity index (χ1v) is 6.79. The van der Waals surface area contributed by atoms with Gasteiger partial charge in [-0.15, -0.1) is 0 Å². The van der Waals surface area contributed by atoms with Crippen molar-refractivity contribution in [3.05, 3.63) is 65.7 Å². The van der Waals surface area contributed by atoms with Gasteiger partial charge in [0.15, 0.2) is 6.10 Å². The third-order valence-corrected chi connectivity index (χ3v) is 3.35. The highest BCUT2D eigenvalue weighted by Crippen LogP contribution is 2.39. The first-order valence-electron chi connectivity index (χ1n) is 6.79. The SMILES string of the molecule is COC(=O)[C@@H]1O[C@H]1c1ccc(OC(=O)c2ccccc2)cc1. The van der Waals surface area contributed by atoms with Gasteiger partial charge in [-0.05, 0) is 29.8 Å². The van der Waals surface area contributed by atoms with Gasteiger partial charge in [0.05, 0.1) is 12.7 Å². The monoisotopic (exact) mass is 298 g/mol. The van der Waals surface area contributed by atoms with E-state index in [2.05, 4.69) is 4.74 Å². The zero-order valence-electron chi connectivity index (χ0n) is 11.9. The second-order valence-corrected chi connectivity index (χ2v) is 4.83. The minimum absolute atomic E-state index is 0.286. The summed E-state index contributed by atoms with van der Waals surface area (Å²) < 4.78 is 15.2. The number of epoxide rings is 1. The summed E-state index contributed by atoms with van der Waals surface area (Å²) in [6.45, 7) is 0. The zero-order chi connectivity index (χ0) is 15.5. The molecule has 0 aromatic heterocycles. The fourth-order valence-corrected chi connectivity index (χ4v) is 2.13. The summed E-state index contributed by atoms with van der Waals surface area (Å²) in [5.74, 6) is -0.360.